The zero-order chi connectivity index (χ0) is 25.5. The molecule has 4 rings (SSSR count). The number of methoxy groups -OCH3 is 3. The molecular weight excluding hydrogens is 479 g/mol. The molecule has 0 aliphatic rings. The van der Waals surface area contributed by atoms with Crippen LogP contribution < -0.4 is 19.5 Å². The lowest BCUT2D eigenvalue weighted by Crippen LogP contribution is -2.23. The minimum atomic E-state index is -0.272. The van der Waals surface area contributed by atoms with E-state index < -0.39 is 0 Å². The van der Waals surface area contributed by atoms with Crippen LogP contribution in [0.4, 0.5) is 4.39 Å². The van der Waals surface area contributed by atoms with E-state index in [1.807, 2.05) is 18.2 Å². The lowest BCUT2D eigenvalue weighted by atomic mass is 10.1. The average molecular weight is 507 g/mol. The van der Waals surface area contributed by atoms with Crippen molar-refractivity contribution in [1.29, 1.82) is 0 Å². The van der Waals surface area contributed by atoms with Crippen molar-refractivity contribution in [1.82, 2.24) is 10.3 Å². The van der Waals surface area contributed by atoms with Crippen LogP contribution in [-0.4, -0.2) is 44.5 Å². The van der Waals surface area contributed by atoms with Gasteiger partial charge in [0.2, 0.25) is 11.7 Å². The number of aromatic amines is 1. The summed E-state index contributed by atoms with van der Waals surface area (Å²) in [6.45, 7) is 0.478. The second kappa shape index (κ2) is 11.7. The van der Waals surface area contributed by atoms with E-state index in [1.54, 1.807) is 63.4 Å². The molecule has 0 atom stereocenters. The fraction of sp³-hybridized carbons (Fsp3) is 0.179. The molecule has 0 radical (unpaired) electrons. The van der Waals surface area contributed by atoms with Crippen molar-refractivity contribution < 1.29 is 23.4 Å². The monoisotopic (exact) mass is 506 g/mol. The summed E-state index contributed by atoms with van der Waals surface area (Å²) in [4.78, 5) is 16.9. The number of carbonyl (C=O) groups is 1. The third-order valence-corrected chi connectivity index (χ3v) is 6.67. The Morgan fingerprint density at radius 1 is 1.00 bits per heavy atom. The van der Waals surface area contributed by atoms with Crippen molar-refractivity contribution in [2.24, 2.45) is 0 Å². The van der Waals surface area contributed by atoms with Crippen LogP contribution in [-0.2, 0) is 4.79 Å². The standard InChI is InChI=1S/C28H27FN2O4S/c1-33-23-16-18(17-24(34-2)27(23)35-3)8-13-25(32)30-14-15-36-28-21-6-4-5-7-22(21)31-26(28)19-9-11-20(29)12-10-19/h4-13,16-17,31H,14-15H2,1-3H3,(H,30,32). The average Bonchev–Trinajstić information content (AvgIpc) is 3.28. The molecule has 0 saturated carbocycles. The third kappa shape index (κ3) is 5.66. The number of nitrogens with one attached hydrogen (secondary N) is 2. The van der Waals surface area contributed by atoms with Crippen molar-refractivity contribution in [2.75, 3.05) is 33.6 Å². The molecule has 6 nitrogen and oxygen atoms in total. The first-order valence-electron chi connectivity index (χ1n) is 11.3. The van der Waals surface area contributed by atoms with Gasteiger partial charge in [0.25, 0.3) is 0 Å². The minimum absolute atomic E-state index is 0.206. The maximum atomic E-state index is 13.4. The van der Waals surface area contributed by atoms with Gasteiger partial charge in [0.1, 0.15) is 5.82 Å². The molecule has 1 heterocycles. The molecular formula is C28H27FN2O4S. The van der Waals surface area contributed by atoms with E-state index in [1.165, 1.54) is 18.2 Å². The highest BCUT2D eigenvalue weighted by Crippen LogP contribution is 2.39. The van der Waals surface area contributed by atoms with E-state index in [0.717, 1.165) is 32.6 Å². The summed E-state index contributed by atoms with van der Waals surface area (Å²) in [6, 6.07) is 18.0. The van der Waals surface area contributed by atoms with Gasteiger partial charge < -0.3 is 24.5 Å². The number of amides is 1. The quantitative estimate of drug-likeness (QED) is 0.159. The Labute approximate surface area is 213 Å². The molecule has 0 fully saturated rings. The Kier molecular flexibility index (Phi) is 8.17. The van der Waals surface area contributed by atoms with Gasteiger partial charge in [-0.3, -0.25) is 4.79 Å². The first-order valence-corrected chi connectivity index (χ1v) is 12.3. The zero-order valence-corrected chi connectivity index (χ0v) is 21.1. The van der Waals surface area contributed by atoms with Crippen LogP contribution in [0.5, 0.6) is 17.2 Å². The Morgan fingerprint density at radius 3 is 2.36 bits per heavy atom. The van der Waals surface area contributed by atoms with E-state index in [0.29, 0.717) is 29.5 Å². The fourth-order valence-electron chi connectivity index (χ4n) is 3.84. The van der Waals surface area contributed by atoms with Crippen LogP contribution in [0.25, 0.3) is 28.2 Å². The zero-order valence-electron chi connectivity index (χ0n) is 20.3. The highest BCUT2D eigenvalue weighted by molar-refractivity contribution is 7.99. The number of aromatic nitrogens is 1. The van der Waals surface area contributed by atoms with Crippen molar-refractivity contribution in [2.45, 2.75) is 4.90 Å². The van der Waals surface area contributed by atoms with Crippen LogP contribution in [0.3, 0.4) is 0 Å². The molecule has 36 heavy (non-hydrogen) atoms. The van der Waals surface area contributed by atoms with Gasteiger partial charge in [0.05, 0.1) is 27.0 Å². The van der Waals surface area contributed by atoms with Crippen LogP contribution in [0.15, 0.2) is 71.6 Å². The number of thioether (sulfide) groups is 1. The molecule has 2 N–H and O–H groups in total. The number of para-hydroxylation sites is 1. The smallest absolute Gasteiger partial charge is 0.244 e. The van der Waals surface area contributed by atoms with Gasteiger partial charge >= 0.3 is 0 Å². The summed E-state index contributed by atoms with van der Waals surface area (Å²) < 4.78 is 29.5. The van der Waals surface area contributed by atoms with Gasteiger partial charge in [0.15, 0.2) is 11.5 Å². The summed E-state index contributed by atoms with van der Waals surface area (Å²) in [5.41, 5.74) is 3.61. The van der Waals surface area contributed by atoms with Gasteiger partial charge in [0, 0.05) is 34.2 Å². The summed E-state index contributed by atoms with van der Waals surface area (Å²) in [6.07, 6.45) is 3.17. The highest BCUT2D eigenvalue weighted by atomic mass is 32.2. The van der Waals surface area contributed by atoms with E-state index >= 15 is 0 Å². The molecule has 0 unspecified atom stereocenters. The minimum Gasteiger partial charge on any atom is -0.493 e. The number of rotatable bonds is 10. The number of fused-ring (bicyclic) bond motifs is 1. The van der Waals surface area contributed by atoms with Gasteiger partial charge in [-0.1, -0.05) is 18.2 Å². The van der Waals surface area contributed by atoms with Crippen molar-refractivity contribution >= 4 is 34.6 Å². The Balaban J connectivity index is 1.40. The summed E-state index contributed by atoms with van der Waals surface area (Å²) in [5.74, 6) is 1.72. The van der Waals surface area contributed by atoms with E-state index in [4.69, 9.17) is 14.2 Å². The van der Waals surface area contributed by atoms with E-state index in [2.05, 4.69) is 16.4 Å². The number of carbonyl (C=O) groups excluding carboxylic acids is 1. The Hall–Kier alpha value is -3.91. The van der Waals surface area contributed by atoms with E-state index in [9.17, 15) is 9.18 Å². The molecule has 0 aliphatic heterocycles. The lowest BCUT2D eigenvalue weighted by molar-refractivity contribution is -0.116. The van der Waals surface area contributed by atoms with Crippen molar-refractivity contribution in [3.8, 4) is 28.5 Å². The largest absolute Gasteiger partial charge is 0.493 e. The van der Waals surface area contributed by atoms with Gasteiger partial charge in [-0.05, 0) is 59.7 Å². The first kappa shape index (κ1) is 25.2. The molecule has 3 aromatic carbocycles. The molecule has 1 amide bonds. The molecule has 4 aromatic rings. The third-order valence-electron chi connectivity index (χ3n) is 5.55. The topological polar surface area (TPSA) is 72.6 Å². The first-order chi connectivity index (χ1) is 17.5. The summed E-state index contributed by atoms with van der Waals surface area (Å²) in [7, 11) is 4.63. The van der Waals surface area contributed by atoms with Gasteiger partial charge in [-0.2, -0.15) is 0 Å². The molecule has 186 valence electrons. The summed E-state index contributed by atoms with van der Waals surface area (Å²) in [5, 5.41) is 4.01. The van der Waals surface area contributed by atoms with Crippen LogP contribution in [0.2, 0.25) is 0 Å². The number of hydrogen-bond acceptors (Lipinski definition) is 5. The van der Waals surface area contributed by atoms with E-state index in [-0.39, 0.29) is 11.7 Å². The highest BCUT2D eigenvalue weighted by Gasteiger charge is 2.14. The summed E-state index contributed by atoms with van der Waals surface area (Å²) >= 11 is 1.64. The molecule has 0 bridgehead atoms. The predicted molar refractivity (Wildman–Crippen MR) is 143 cm³/mol. The lowest BCUT2D eigenvalue weighted by Gasteiger charge is -2.12. The predicted octanol–water partition coefficient (Wildman–Crippen LogP) is 5.92. The number of hydrogen-bond donors (Lipinski definition) is 2. The number of halogens is 1. The van der Waals surface area contributed by atoms with Crippen LogP contribution >= 0.6 is 11.8 Å². The number of ether oxygens (including phenoxy) is 3. The fourth-order valence-corrected chi connectivity index (χ4v) is 4.90. The second-order valence-corrected chi connectivity index (χ2v) is 8.92. The molecule has 8 heteroatoms. The van der Waals surface area contributed by atoms with Crippen molar-refractivity contribution in [3.05, 3.63) is 78.1 Å². The molecule has 1 aromatic heterocycles. The van der Waals surface area contributed by atoms with Crippen LogP contribution in [0.1, 0.15) is 5.56 Å². The maximum Gasteiger partial charge on any atom is 0.244 e. The normalized spacial score (nSPS) is 11.1. The molecule has 0 aliphatic carbocycles. The maximum absolute atomic E-state index is 13.4. The second-order valence-electron chi connectivity index (χ2n) is 7.81. The molecule has 0 saturated heterocycles. The Bertz CT molecular complexity index is 1360. The van der Waals surface area contributed by atoms with Crippen LogP contribution in [0, 0.1) is 5.82 Å². The van der Waals surface area contributed by atoms with Crippen molar-refractivity contribution in [3.63, 3.8) is 0 Å². The van der Waals surface area contributed by atoms with Gasteiger partial charge in [-0.25, -0.2) is 4.39 Å². The number of benzene rings is 3. The SMILES string of the molecule is COc1cc(C=CC(=O)NCCSc2c(-c3ccc(F)cc3)[nH]c3ccccc23)cc(OC)c1OC. The number of H-pyrrole nitrogens is 1. The molecule has 0 spiro atoms. The van der Waals surface area contributed by atoms with Gasteiger partial charge in [-0.15, -0.1) is 11.8 Å². The Morgan fingerprint density at radius 2 is 1.69 bits per heavy atom.